The number of aliphatic hydroxyl groups excluding tert-OH is 1. The van der Waals surface area contributed by atoms with Crippen molar-refractivity contribution in [3.05, 3.63) is 57.9 Å². The number of rotatable bonds is 7. The highest BCUT2D eigenvalue weighted by Gasteiger charge is 2.10. The molecule has 2 aromatic carbocycles. The van der Waals surface area contributed by atoms with Crippen LogP contribution in [0, 0.1) is 5.82 Å². The van der Waals surface area contributed by atoms with Gasteiger partial charge in [-0.3, -0.25) is 0 Å². The Kier molecular flexibility index (Phi) is 6.21. The van der Waals surface area contributed by atoms with E-state index in [1.165, 1.54) is 13.2 Å². The second-order valence-electron chi connectivity index (χ2n) is 5.00. The van der Waals surface area contributed by atoms with Gasteiger partial charge in [0, 0.05) is 18.7 Å². The molecule has 0 saturated heterocycles. The number of nitrogens with one attached hydrogen (secondary N) is 1. The van der Waals surface area contributed by atoms with E-state index in [0.29, 0.717) is 35.2 Å². The SMILES string of the molecule is COc1cc(CNCc2ccc(F)c(CO)c2)cc(Cl)c1OC. The third-order valence-corrected chi connectivity index (χ3v) is 3.71. The maximum atomic E-state index is 13.3. The fraction of sp³-hybridized carbons (Fsp3) is 0.294. The molecule has 4 nitrogen and oxygen atoms in total. The molecule has 2 rings (SSSR count). The molecule has 0 unspecified atom stereocenters. The van der Waals surface area contributed by atoms with Gasteiger partial charge in [-0.25, -0.2) is 4.39 Å². The average molecular weight is 340 g/mol. The Hall–Kier alpha value is -1.82. The third-order valence-electron chi connectivity index (χ3n) is 3.43. The number of methoxy groups -OCH3 is 2. The van der Waals surface area contributed by atoms with E-state index in [2.05, 4.69) is 5.32 Å². The van der Waals surface area contributed by atoms with Crippen LogP contribution in [-0.4, -0.2) is 19.3 Å². The van der Waals surface area contributed by atoms with E-state index in [0.717, 1.165) is 11.1 Å². The molecule has 2 aromatic rings. The van der Waals surface area contributed by atoms with Crippen LogP contribution in [-0.2, 0) is 19.7 Å². The highest BCUT2D eigenvalue weighted by molar-refractivity contribution is 6.32. The number of hydrogen-bond donors (Lipinski definition) is 2. The summed E-state index contributed by atoms with van der Waals surface area (Å²) in [5, 5.41) is 12.8. The predicted molar refractivity (Wildman–Crippen MR) is 87.4 cm³/mol. The number of halogens is 2. The van der Waals surface area contributed by atoms with Gasteiger partial charge in [0.1, 0.15) is 5.82 Å². The zero-order valence-corrected chi connectivity index (χ0v) is 13.8. The maximum Gasteiger partial charge on any atom is 0.179 e. The Labute approximate surface area is 139 Å². The summed E-state index contributed by atoms with van der Waals surface area (Å²) in [6.45, 7) is 0.788. The second kappa shape index (κ2) is 8.15. The summed E-state index contributed by atoms with van der Waals surface area (Å²) in [5.41, 5.74) is 2.12. The summed E-state index contributed by atoms with van der Waals surface area (Å²) in [6, 6.07) is 8.34. The average Bonchev–Trinajstić information content (AvgIpc) is 2.55. The highest BCUT2D eigenvalue weighted by atomic mass is 35.5. The molecule has 0 fully saturated rings. The lowest BCUT2D eigenvalue weighted by atomic mass is 10.1. The van der Waals surface area contributed by atoms with E-state index in [-0.39, 0.29) is 6.61 Å². The first-order chi connectivity index (χ1) is 11.1. The fourth-order valence-electron chi connectivity index (χ4n) is 2.28. The lowest BCUT2D eigenvalue weighted by molar-refractivity contribution is 0.275. The minimum atomic E-state index is -0.400. The fourth-order valence-corrected chi connectivity index (χ4v) is 2.59. The van der Waals surface area contributed by atoms with Crippen LogP contribution >= 0.6 is 11.6 Å². The molecule has 0 aromatic heterocycles. The molecule has 0 heterocycles. The second-order valence-corrected chi connectivity index (χ2v) is 5.41. The van der Waals surface area contributed by atoms with Gasteiger partial charge >= 0.3 is 0 Å². The molecule has 0 atom stereocenters. The quantitative estimate of drug-likeness (QED) is 0.813. The molecule has 0 amide bonds. The molecular weight excluding hydrogens is 321 g/mol. The Bertz CT molecular complexity index is 679. The molecule has 2 N–H and O–H groups in total. The molecule has 6 heteroatoms. The van der Waals surface area contributed by atoms with Gasteiger partial charge in [-0.15, -0.1) is 0 Å². The van der Waals surface area contributed by atoms with Crippen molar-refractivity contribution in [2.45, 2.75) is 19.7 Å². The van der Waals surface area contributed by atoms with E-state index in [1.807, 2.05) is 6.07 Å². The summed E-state index contributed by atoms with van der Waals surface area (Å²) in [4.78, 5) is 0. The standard InChI is InChI=1S/C17H19ClFNO3/c1-22-16-7-12(6-14(18)17(16)23-2)9-20-8-11-3-4-15(19)13(5-11)10-21/h3-7,20-21H,8-10H2,1-2H3. The van der Waals surface area contributed by atoms with Crippen molar-refractivity contribution in [1.82, 2.24) is 5.32 Å². The van der Waals surface area contributed by atoms with Gasteiger partial charge in [-0.2, -0.15) is 0 Å². The summed E-state index contributed by atoms with van der Waals surface area (Å²) < 4.78 is 23.8. The van der Waals surface area contributed by atoms with Crippen LogP contribution in [0.2, 0.25) is 5.02 Å². The van der Waals surface area contributed by atoms with Crippen molar-refractivity contribution < 1.29 is 19.0 Å². The predicted octanol–water partition coefficient (Wildman–Crippen LogP) is 3.28. The number of hydrogen-bond acceptors (Lipinski definition) is 4. The summed E-state index contributed by atoms with van der Waals surface area (Å²) >= 11 is 6.16. The van der Waals surface area contributed by atoms with Crippen molar-refractivity contribution in [3.63, 3.8) is 0 Å². The monoisotopic (exact) mass is 339 g/mol. The molecule has 23 heavy (non-hydrogen) atoms. The van der Waals surface area contributed by atoms with Crippen LogP contribution in [0.4, 0.5) is 4.39 Å². The van der Waals surface area contributed by atoms with Crippen molar-refractivity contribution in [3.8, 4) is 11.5 Å². The molecule has 0 aliphatic carbocycles. The zero-order chi connectivity index (χ0) is 16.8. The van der Waals surface area contributed by atoms with Crippen molar-refractivity contribution >= 4 is 11.6 Å². The molecule has 0 bridgehead atoms. The molecule has 124 valence electrons. The molecule has 0 radical (unpaired) electrons. The van der Waals surface area contributed by atoms with Gasteiger partial charge in [0.25, 0.3) is 0 Å². The van der Waals surface area contributed by atoms with Gasteiger partial charge in [0.2, 0.25) is 0 Å². The van der Waals surface area contributed by atoms with Crippen LogP contribution in [0.5, 0.6) is 11.5 Å². The van der Waals surface area contributed by atoms with Crippen LogP contribution in [0.25, 0.3) is 0 Å². The van der Waals surface area contributed by atoms with Crippen molar-refractivity contribution in [1.29, 1.82) is 0 Å². The van der Waals surface area contributed by atoms with E-state index in [4.69, 9.17) is 26.2 Å². The lowest BCUT2D eigenvalue weighted by Gasteiger charge is -2.12. The van der Waals surface area contributed by atoms with Crippen molar-refractivity contribution in [2.75, 3.05) is 14.2 Å². The van der Waals surface area contributed by atoms with Gasteiger partial charge < -0.3 is 19.9 Å². The van der Waals surface area contributed by atoms with Gasteiger partial charge in [-0.1, -0.05) is 17.7 Å². The smallest absolute Gasteiger partial charge is 0.179 e. The summed E-state index contributed by atoms with van der Waals surface area (Å²) in [7, 11) is 3.09. The first-order valence-corrected chi connectivity index (χ1v) is 7.46. The molecule has 0 aliphatic heterocycles. The zero-order valence-electron chi connectivity index (χ0n) is 13.0. The van der Waals surface area contributed by atoms with Gasteiger partial charge in [-0.05, 0) is 35.4 Å². The molecule has 0 saturated carbocycles. The van der Waals surface area contributed by atoms with E-state index in [9.17, 15) is 4.39 Å². The number of benzene rings is 2. The first-order valence-electron chi connectivity index (χ1n) is 7.08. The summed E-state index contributed by atoms with van der Waals surface area (Å²) in [6.07, 6.45) is 0. The van der Waals surface area contributed by atoms with Crippen LogP contribution in [0.15, 0.2) is 30.3 Å². The van der Waals surface area contributed by atoms with Crippen LogP contribution in [0.3, 0.4) is 0 Å². The normalized spacial score (nSPS) is 10.7. The largest absolute Gasteiger partial charge is 0.493 e. The van der Waals surface area contributed by atoms with Crippen molar-refractivity contribution in [2.24, 2.45) is 0 Å². The van der Waals surface area contributed by atoms with E-state index >= 15 is 0 Å². The number of ether oxygens (including phenoxy) is 2. The van der Waals surface area contributed by atoms with Gasteiger partial charge in [0.15, 0.2) is 11.5 Å². The first kappa shape index (κ1) is 17.5. The molecule has 0 aliphatic rings. The van der Waals surface area contributed by atoms with E-state index < -0.39 is 5.82 Å². The Balaban J connectivity index is 2.03. The summed E-state index contributed by atoms with van der Waals surface area (Å²) in [5.74, 6) is 0.674. The van der Waals surface area contributed by atoms with Gasteiger partial charge in [0.05, 0.1) is 25.8 Å². The Morgan fingerprint density at radius 3 is 2.48 bits per heavy atom. The Morgan fingerprint density at radius 1 is 1.09 bits per heavy atom. The topological polar surface area (TPSA) is 50.7 Å². The lowest BCUT2D eigenvalue weighted by Crippen LogP contribution is -2.13. The molecule has 0 spiro atoms. The van der Waals surface area contributed by atoms with Crippen LogP contribution < -0.4 is 14.8 Å². The maximum absolute atomic E-state index is 13.3. The number of aliphatic hydroxyl groups is 1. The minimum absolute atomic E-state index is 0.290. The Morgan fingerprint density at radius 2 is 1.83 bits per heavy atom. The third kappa shape index (κ3) is 4.34. The van der Waals surface area contributed by atoms with Crippen LogP contribution in [0.1, 0.15) is 16.7 Å². The highest BCUT2D eigenvalue weighted by Crippen LogP contribution is 2.35. The minimum Gasteiger partial charge on any atom is -0.493 e. The molecular formula is C17H19ClFNO3. The van der Waals surface area contributed by atoms with E-state index in [1.54, 1.807) is 25.3 Å².